The van der Waals surface area contributed by atoms with E-state index in [1.165, 1.54) is 0 Å². The molecule has 4 aromatic rings. The standard InChI is InChI=1S/C33H43N7O3S/c1-22-12-14-27(15-13-22)40-30(21-29(37-40)33(4,5)6)35-32(41)34-28-11-9-8-10-26(28)20-25-16-18-39(19-17-25)44(42,43)31-23(2)36-38(7)24(31)3/h8-15,21,25H,16-20H2,1-7H3,(H2,34,35,41). The minimum atomic E-state index is -3.61. The third kappa shape index (κ3) is 6.58. The van der Waals surface area contributed by atoms with Crippen molar-refractivity contribution in [2.24, 2.45) is 13.0 Å². The molecule has 10 nitrogen and oxygen atoms in total. The summed E-state index contributed by atoms with van der Waals surface area (Å²) in [5.74, 6) is 0.877. The molecule has 1 saturated heterocycles. The summed E-state index contributed by atoms with van der Waals surface area (Å²) in [4.78, 5) is 13.6. The minimum Gasteiger partial charge on any atom is -0.307 e. The van der Waals surface area contributed by atoms with Gasteiger partial charge in [-0.25, -0.2) is 17.9 Å². The van der Waals surface area contributed by atoms with Crippen molar-refractivity contribution in [2.75, 3.05) is 23.7 Å². The quantitative estimate of drug-likeness (QED) is 0.260. The van der Waals surface area contributed by atoms with Crippen molar-refractivity contribution >= 4 is 27.6 Å². The Balaban J connectivity index is 1.27. The second kappa shape index (κ2) is 12.2. The number of urea groups is 1. The first-order chi connectivity index (χ1) is 20.7. The number of rotatable bonds is 7. The number of amides is 2. The van der Waals surface area contributed by atoms with Crippen LogP contribution in [0.5, 0.6) is 0 Å². The minimum absolute atomic E-state index is 0.194. The number of benzene rings is 2. The molecular formula is C33H43N7O3S. The van der Waals surface area contributed by atoms with Gasteiger partial charge in [0.15, 0.2) is 0 Å². The van der Waals surface area contributed by atoms with Crippen LogP contribution in [0.2, 0.25) is 0 Å². The van der Waals surface area contributed by atoms with E-state index < -0.39 is 10.0 Å². The van der Waals surface area contributed by atoms with Crippen LogP contribution in [0.4, 0.5) is 16.3 Å². The second-order valence-corrected chi connectivity index (χ2v) is 14.7. The Morgan fingerprint density at radius 2 is 1.61 bits per heavy atom. The highest BCUT2D eigenvalue weighted by atomic mass is 32.2. The Labute approximate surface area is 260 Å². The van der Waals surface area contributed by atoms with Gasteiger partial charge < -0.3 is 5.32 Å². The third-order valence-corrected chi connectivity index (χ3v) is 10.5. The second-order valence-electron chi connectivity index (χ2n) is 12.8. The summed E-state index contributed by atoms with van der Waals surface area (Å²) < 4.78 is 31.8. The van der Waals surface area contributed by atoms with Crippen LogP contribution in [0.3, 0.4) is 0 Å². The molecule has 0 spiro atoms. The van der Waals surface area contributed by atoms with Crippen LogP contribution in [0, 0.1) is 26.7 Å². The van der Waals surface area contributed by atoms with E-state index >= 15 is 0 Å². The van der Waals surface area contributed by atoms with Gasteiger partial charge in [-0.1, -0.05) is 56.7 Å². The Hall–Kier alpha value is -3.96. The first-order valence-electron chi connectivity index (χ1n) is 15.1. The van der Waals surface area contributed by atoms with E-state index in [9.17, 15) is 13.2 Å². The molecule has 1 aliphatic rings. The molecule has 0 saturated carbocycles. The van der Waals surface area contributed by atoms with Gasteiger partial charge in [-0.05, 0) is 69.7 Å². The Morgan fingerprint density at radius 1 is 0.955 bits per heavy atom. The third-order valence-electron chi connectivity index (χ3n) is 8.39. The average Bonchev–Trinajstić information content (AvgIpc) is 3.50. The zero-order valence-electron chi connectivity index (χ0n) is 26.7. The number of nitrogens with zero attached hydrogens (tertiary/aromatic N) is 5. The van der Waals surface area contributed by atoms with Gasteiger partial charge in [0.1, 0.15) is 10.7 Å². The van der Waals surface area contributed by atoms with E-state index in [0.717, 1.165) is 47.5 Å². The Morgan fingerprint density at radius 3 is 2.23 bits per heavy atom. The highest BCUT2D eigenvalue weighted by Crippen LogP contribution is 2.31. The van der Waals surface area contributed by atoms with Gasteiger partial charge in [0, 0.05) is 37.3 Å². The largest absolute Gasteiger partial charge is 0.324 e. The van der Waals surface area contributed by atoms with Crippen molar-refractivity contribution < 1.29 is 13.2 Å². The smallest absolute Gasteiger partial charge is 0.307 e. The molecule has 2 aromatic carbocycles. The number of anilines is 2. The van der Waals surface area contributed by atoms with Gasteiger partial charge in [0.2, 0.25) is 10.0 Å². The van der Waals surface area contributed by atoms with E-state index in [2.05, 4.69) is 36.5 Å². The summed E-state index contributed by atoms with van der Waals surface area (Å²) in [6, 6.07) is 17.4. The summed E-state index contributed by atoms with van der Waals surface area (Å²) in [7, 11) is -1.84. The lowest BCUT2D eigenvalue weighted by atomic mass is 9.90. The number of piperidine rings is 1. The van der Waals surface area contributed by atoms with Crippen LogP contribution in [-0.2, 0) is 28.9 Å². The molecule has 2 aromatic heterocycles. The van der Waals surface area contributed by atoms with Crippen LogP contribution in [0.15, 0.2) is 59.5 Å². The summed E-state index contributed by atoms with van der Waals surface area (Å²) in [6.07, 6.45) is 2.22. The van der Waals surface area contributed by atoms with Crippen molar-refractivity contribution in [1.29, 1.82) is 0 Å². The topological polar surface area (TPSA) is 114 Å². The average molecular weight is 618 g/mol. The number of aromatic nitrogens is 4. The first-order valence-corrected chi connectivity index (χ1v) is 16.5. The van der Waals surface area contributed by atoms with Crippen molar-refractivity contribution in [2.45, 2.75) is 71.1 Å². The molecule has 0 atom stereocenters. The van der Waals surface area contributed by atoms with Crippen LogP contribution >= 0.6 is 0 Å². The van der Waals surface area contributed by atoms with E-state index in [1.54, 1.807) is 34.6 Å². The highest BCUT2D eigenvalue weighted by Gasteiger charge is 2.33. The number of hydrogen-bond acceptors (Lipinski definition) is 5. The molecule has 0 aliphatic carbocycles. The summed E-state index contributed by atoms with van der Waals surface area (Å²) >= 11 is 0. The number of nitrogens with one attached hydrogen (secondary N) is 2. The molecular weight excluding hydrogens is 574 g/mol. The number of aryl methyl sites for hydroxylation is 3. The van der Waals surface area contributed by atoms with Crippen molar-refractivity contribution in [3.8, 4) is 5.69 Å². The molecule has 2 N–H and O–H groups in total. The zero-order chi connectivity index (χ0) is 31.8. The molecule has 1 aliphatic heterocycles. The maximum atomic E-state index is 13.4. The number of para-hydroxylation sites is 1. The van der Waals surface area contributed by atoms with Gasteiger partial charge in [-0.3, -0.25) is 10.00 Å². The molecule has 5 rings (SSSR count). The molecule has 1 fully saturated rings. The maximum Gasteiger partial charge on any atom is 0.324 e. The van der Waals surface area contributed by atoms with E-state index in [-0.39, 0.29) is 11.4 Å². The van der Waals surface area contributed by atoms with Gasteiger partial charge in [-0.15, -0.1) is 0 Å². The first kappa shape index (κ1) is 31.5. The zero-order valence-corrected chi connectivity index (χ0v) is 27.5. The Kier molecular flexibility index (Phi) is 8.73. The number of carbonyl (C=O) groups excluding carboxylic acids is 1. The van der Waals surface area contributed by atoms with Crippen LogP contribution in [0.1, 0.15) is 61.8 Å². The fraction of sp³-hybridized carbons (Fsp3) is 0.424. The van der Waals surface area contributed by atoms with Gasteiger partial charge in [0.05, 0.1) is 22.8 Å². The molecule has 0 radical (unpaired) electrons. The Bertz CT molecular complexity index is 1760. The van der Waals surface area contributed by atoms with E-state index in [4.69, 9.17) is 5.10 Å². The maximum absolute atomic E-state index is 13.4. The van der Waals surface area contributed by atoms with Crippen LogP contribution in [-0.4, -0.2) is 51.4 Å². The SMILES string of the molecule is Cc1ccc(-n2nc(C(C)(C)C)cc2NC(=O)Nc2ccccc2CC2CCN(S(=O)(=O)c3c(C)nn(C)c3C)CC2)cc1. The van der Waals surface area contributed by atoms with E-state index in [1.807, 2.05) is 61.5 Å². The lowest BCUT2D eigenvalue weighted by molar-refractivity contribution is 0.261. The molecule has 234 valence electrons. The lowest BCUT2D eigenvalue weighted by Crippen LogP contribution is -2.39. The predicted molar refractivity (Wildman–Crippen MR) is 174 cm³/mol. The number of carbonyl (C=O) groups is 1. The lowest BCUT2D eigenvalue weighted by Gasteiger charge is -2.31. The fourth-order valence-corrected chi connectivity index (χ4v) is 7.60. The normalized spacial score (nSPS) is 15.0. The predicted octanol–water partition coefficient (Wildman–Crippen LogP) is 6.12. The molecule has 11 heteroatoms. The van der Waals surface area contributed by atoms with Crippen LogP contribution in [0.25, 0.3) is 5.69 Å². The van der Waals surface area contributed by atoms with Gasteiger partial charge in [-0.2, -0.15) is 14.5 Å². The molecule has 2 amide bonds. The molecule has 0 bridgehead atoms. The molecule has 0 unspecified atom stereocenters. The van der Waals surface area contributed by atoms with Crippen molar-refractivity contribution in [3.63, 3.8) is 0 Å². The van der Waals surface area contributed by atoms with Crippen LogP contribution < -0.4 is 10.6 Å². The summed E-state index contributed by atoms with van der Waals surface area (Å²) in [6.45, 7) is 12.8. The fourth-order valence-electron chi connectivity index (χ4n) is 5.73. The monoisotopic (exact) mass is 617 g/mol. The van der Waals surface area contributed by atoms with Crippen molar-refractivity contribution in [1.82, 2.24) is 23.9 Å². The highest BCUT2D eigenvalue weighted by molar-refractivity contribution is 7.89. The molecule has 44 heavy (non-hydrogen) atoms. The van der Waals surface area contributed by atoms with Gasteiger partial charge >= 0.3 is 6.03 Å². The number of sulfonamides is 1. The molecule has 3 heterocycles. The van der Waals surface area contributed by atoms with Gasteiger partial charge in [0.25, 0.3) is 0 Å². The van der Waals surface area contributed by atoms with Crippen molar-refractivity contribution in [3.05, 3.63) is 82.8 Å². The number of hydrogen-bond donors (Lipinski definition) is 2. The summed E-state index contributed by atoms with van der Waals surface area (Å²) in [5.41, 5.74) is 5.62. The van der Waals surface area contributed by atoms with E-state index in [0.29, 0.717) is 41.1 Å². The summed E-state index contributed by atoms with van der Waals surface area (Å²) in [5, 5.41) is 15.2.